The van der Waals surface area contributed by atoms with E-state index in [0.29, 0.717) is 5.56 Å². The molecular weight excluding hydrogens is 381 g/mol. The van der Waals surface area contributed by atoms with Crippen molar-refractivity contribution in [1.29, 1.82) is 5.41 Å². The topological polar surface area (TPSA) is 111 Å². The van der Waals surface area contributed by atoms with Crippen LogP contribution in [0.4, 0.5) is 10.1 Å². The molecule has 0 aliphatic carbocycles. The van der Waals surface area contributed by atoms with E-state index >= 15 is 0 Å². The molecule has 0 saturated heterocycles. The van der Waals surface area contributed by atoms with Gasteiger partial charge >= 0.3 is 0 Å². The minimum Gasteiger partial charge on any atom is -0.488 e. The molecule has 0 amide bonds. The average Bonchev–Trinajstić information content (AvgIpc) is 2.69. The molecule has 0 aliphatic rings. The van der Waals surface area contributed by atoms with E-state index in [9.17, 15) is 9.18 Å². The van der Waals surface area contributed by atoms with Crippen LogP contribution in [0.2, 0.25) is 0 Å². The monoisotopic (exact) mass is 403 g/mol. The average molecular weight is 403 g/mol. The lowest BCUT2D eigenvalue weighted by Crippen LogP contribution is -2.16. The fourth-order valence-electron chi connectivity index (χ4n) is 2.34. The molecule has 5 N–H and O–H groups in total. The van der Waals surface area contributed by atoms with E-state index in [1.807, 2.05) is 18.4 Å². The number of nitrogens with two attached hydrogens (primary N) is 2. The van der Waals surface area contributed by atoms with Gasteiger partial charge in [0.1, 0.15) is 12.3 Å². The van der Waals surface area contributed by atoms with Gasteiger partial charge in [-0.15, -0.1) is 11.8 Å². The standard InChI is InChI=1S/C20H22FN3O3S/c1-26-7-8-27-19-11-17(23)14(9-15(19)21)20(24)18(25)10-16(22)12-3-5-13(28-2)6-4-12/h3-6,9-11,24H,7-8,22-23H2,1-2H3. The van der Waals surface area contributed by atoms with Crippen molar-refractivity contribution in [3.05, 3.63) is 59.4 Å². The van der Waals surface area contributed by atoms with Crippen LogP contribution in [0.5, 0.6) is 5.75 Å². The van der Waals surface area contributed by atoms with E-state index < -0.39 is 17.3 Å². The zero-order valence-electron chi connectivity index (χ0n) is 15.6. The number of allylic oxidation sites excluding steroid dienone is 1. The highest BCUT2D eigenvalue weighted by molar-refractivity contribution is 7.98. The van der Waals surface area contributed by atoms with E-state index in [4.69, 9.17) is 26.4 Å². The first-order valence-corrected chi connectivity index (χ1v) is 9.55. The summed E-state index contributed by atoms with van der Waals surface area (Å²) in [4.78, 5) is 13.5. The van der Waals surface area contributed by atoms with Crippen molar-refractivity contribution >= 4 is 34.6 Å². The number of thioether (sulfide) groups is 1. The van der Waals surface area contributed by atoms with Gasteiger partial charge in [0.2, 0.25) is 5.78 Å². The number of nitrogens with one attached hydrogen (secondary N) is 1. The Hall–Kier alpha value is -2.84. The molecule has 0 aliphatic heterocycles. The van der Waals surface area contributed by atoms with Crippen LogP contribution in [0.3, 0.4) is 0 Å². The Bertz CT molecular complexity index is 898. The summed E-state index contributed by atoms with van der Waals surface area (Å²) >= 11 is 1.59. The molecule has 0 bridgehead atoms. The summed E-state index contributed by atoms with van der Waals surface area (Å²) in [5.74, 6) is -1.46. The summed E-state index contributed by atoms with van der Waals surface area (Å²) in [5.41, 5.74) is 12.3. The first kappa shape index (κ1) is 21.5. The van der Waals surface area contributed by atoms with Gasteiger partial charge in [0.05, 0.1) is 6.61 Å². The van der Waals surface area contributed by atoms with Gasteiger partial charge in [-0.3, -0.25) is 10.2 Å². The first-order valence-electron chi connectivity index (χ1n) is 8.33. The number of rotatable bonds is 9. The lowest BCUT2D eigenvalue weighted by atomic mass is 10.0. The Morgan fingerprint density at radius 1 is 1.25 bits per heavy atom. The van der Waals surface area contributed by atoms with Crippen LogP contribution in [-0.2, 0) is 9.53 Å². The molecule has 2 aromatic carbocycles. The Balaban J connectivity index is 2.19. The number of carbonyl (C=O) groups is 1. The number of carbonyl (C=O) groups excluding carboxylic acids is 1. The third-order valence-electron chi connectivity index (χ3n) is 3.87. The van der Waals surface area contributed by atoms with Gasteiger partial charge < -0.3 is 20.9 Å². The summed E-state index contributed by atoms with van der Waals surface area (Å²) in [6.45, 7) is 0.439. The zero-order valence-corrected chi connectivity index (χ0v) is 16.4. The van der Waals surface area contributed by atoms with Crippen molar-refractivity contribution in [3.8, 4) is 5.75 Å². The van der Waals surface area contributed by atoms with Crippen molar-refractivity contribution in [2.75, 3.05) is 32.3 Å². The van der Waals surface area contributed by atoms with Crippen LogP contribution >= 0.6 is 11.8 Å². The summed E-state index contributed by atoms with van der Waals surface area (Å²) in [5, 5.41) is 8.07. The van der Waals surface area contributed by atoms with Crippen molar-refractivity contribution in [3.63, 3.8) is 0 Å². The number of nitrogen functional groups attached to an aromatic ring is 1. The fourth-order valence-corrected chi connectivity index (χ4v) is 2.75. The Kier molecular flexibility index (Phi) is 7.60. The van der Waals surface area contributed by atoms with Crippen LogP contribution in [0.15, 0.2) is 47.4 Å². The molecule has 0 unspecified atom stereocenters. The fraction of sp³-hybridized carbons (Fsp3) is 0.200. The van der Waals surface area contributed by atoms with Crippen molar-refractivity contribution in [2.45, 2.75) is 4.90 Å². The molecule has 0 saturated carbocycles. The molecule has 148 valence electrons. The number of halogens is 1. The van der Waals surface area contributed by atoms with Crippen LogP contribution < -0.4 is 16.2 Å². The zero-order chi connectivity index (χ0) is 20.7. The first-order chi connectivity index (χ1) is 13.4. The number of ketones is 1. The second-order valence-corrected chi connectivity index (χ2v) is 6.66. The summed E-state index contributed by atoms with van der Waals surface area (Å²) in [6, 6.07) is 9.59. The van der Waals surface area contributed by atoms with Crippen molar-refractivity contribution in [2.24, 2.45) is 5.73 Å². The van der Waals surface area contributed by atoms with Gasteiger partial charge in [-0.2, -0.15) is 0 Å². The van der Waals surface area contributed by atoms with E-state index in [0.717, 1.165) is 17.0 Å². The van der Waals surface area contributed by atoms with Gasteiger partial charge in [-0.25, -0.2) is 4.39 Å². The molecule has 2 rings (SSSR count). The third kappa shape index (κ3) is 5.34. The Morgan fingerprint density at radius 3 is 2.54 bits per heavy atom. The number of hydrogen-bond donors (Lipinski definition) is 3. The molecule has 2 aromatic rings. The molecule has 0 spiro atoms. The van der Waals surface area contributed by atoms with Crippen molar-refractivity contribution in [1.82, 2.24) is 0 Å². The maximum absolute atomic E-state index is 14.2. The summed E-state index contributed by atoms with van der Waals surface area (Å²) < 4.78 is 24.3. The van der Waals surface area contributed by atoms with Gasteiger partial charge in [0.15, 0.2) is 11.6 Å². The Labute approximate surface area is 167 Å². The normalized spacial score (nSPS) is 11.3. The molecule has 28 heavy (non-hydrogen) atoms. The summed E-state index contributed by atoms with van der Waals surface area (Å²) in [6.07, 6.45) is 3.09. The number of hydrogen-bond acceptors (Lipinski definition) is 7. The van der Waals surface area contributed by atoms with Crippen molar-refractivity contribution < 1.29 is 18.7 Å². The molecule has 8 heteroatoms. The minimum atomic E-state index is -0.720. The second-order valence-electron chi connectivity index (χ2n) is 5.78. The quantitative estimate of drug-likeness (QED) is 0.195. The van der Waals surface area contributed by atoms with Crippen LogP contribution in [0.1, 0.15) is 11.1 Å². The largest absolute Gasteiger partial charge is 0.488 e. The van der Waals surface area contributed by atoms with Gasteiger partial charge in [0, 0.05) is 41.1 Å². The van der Waals surface area contributed by atoms with Gasteiger partial charge in [-0.1, -0.05) is 12.1 Å². The second kappa shape index (κ2) is 9.91. The van der Waals surface area contributed by atoms with E-state index in [1.54, 1.807) is 23.9 Å². The number of anilines is 1. The molecule has 0 heterocycles. The third-order valence-corrected chi connectivity index (χ3v) is 4.62. The van der Waals surface area contributed by atoms with Crippen LogP contribution in [0.25, 0.3) is 5.70 Å². The molecule has 0 radical (unpaired) electrons. The number of benzene rings is 2. The molecule has 0 atom stereocenters. The SMILES string of the molecule is COCCOc1cc(N)c(C(=N)C(=O)C=C(N)c2ccc(SC)cc2)cc1F. The van der Waals surface area contributed by atoms with Crippen LogP contribution in [0, 0.1) is 11.2 Å². The van der Waals surface area contributed by atoms with Gasteiger partial charge in [0.25, 0.3) is 0 Å². The van der Waals surface area contributed by atoms with Crippen LogP contribution in [-0.4, -0.2) is 38.1 Å². The number of ether oxygens (including phenoxy) is 2. The van der Waals surface area contributed by atoms with Gasteiger partial charge in [-0.05, 0) is 30.0 Å². The molecule has 6 nitrogen and oxygen atoms in total. The molecular formula is C20H22FN3O3S. The highest BCUT2D eigenvalue weighted by atomic mass is 32.2. The summed E-state index contributed by atoms with van der Waals surface area (Å²) in [7, 11) is 1.50. The van der Waals surface area contributed by atoms with E-state index in [1.165, 1.54) is 13.2 Å². The maximum Gasteiger partial charge on any atom is 0.206 e. The van der Waals surface area contributed by atoms with E-state index in [-0.39, 0.29) is 35.9 Å². The van der Waals surface area contributed by atoms with E-state index in [2.05, 4.69) is 0 Å². The minimum absolute atomic E-state index is 0.0247. The predicted molar refractivity (Wildman–Crippen MR) is 110 cm³/mol. The smallest absolute Gasteiger partial charge is 0.206 e. The highest BCUT2D eigenvalue weighted by Crippen LogP contribution is 2.25. The lowest BCUT2D eigenvalue weighted by Gasteiger charge is -2.11. The Morgan fingerprint density at radius 2 is 1.93 bits per heavy atom. The number of methoxy groups -OCH3 is 1. The predicted octanol–water partition coefficient (Wildman–Crippen LogP) is 3.09. The molecule has 0 fully saturated rings. The lowest BCUT2D eigenvalue weighted by molar-refractivity contribution is -0.108. The molecule has 0 aromatic heterocycles. The highest BCUT2D eigenvalue weighted by Gasteiger charge is 2.17. The maximum atomic E-state index is 14.2.